The third-order valence-corrected chi connectivity index (χ3v) is 3.53. The summed E-state index contributed by atoms with van der Waals surface area (Å²) in [5.74, 6) is 1.07. The lowest BCUT2D eigenvalue weighted by Crippen LogP contribution is -2.19. The van der Waals surface area contributed by atoms with Gasteiger partial charge in [-0.1, -0.05) is 0 Å². The van der Waals surface area contributed by atoms with E-state index in [-0.39, 0.29) is 12.1 Å². The first-order valence-corrected chi connectivity index (χ1v) is 7.42. The molecule has 0 radical (unpaired) electrons. The number of pyridine rings is 1. The predicted octanol–water partition coefficient (Wildman–Crippen LogP) is 3.08. The molecule has 0 atom stereocenters. The summed E-state index contributed by atoms with van der Waals surface area (Å²) in [4.78, 5) is 16.0. The number of ether oxygens (including phenoxy) is 1. The van der Waals surface area contributed by atoms with Crippen LogP contribution < -0.4 is 15.4 Å². The lowest BCUT2D eigenvalue weighted by molar-refractivity contribution is 0.201. The highest BCUT2D eigenvalue weighted by Gasteiger charge is 2.16. The van der Waals surface area contributed by atoms with Crippen LogP contribution in [0.1, 0.15) is 31.4 Å². The number of H-pyrrole nitrogens is 1. The Bertz CT molecular complexity index is 632. The molecule has 7 heteroatoms. The van der Waals surface area contributed by atoms with Crippen LogP contribution in [0.3, 0.4) is 0 Å². The van der Waals surface area contributed by atoms with E-state index >= 15 is 0 Å². The summed E-state index contributed by atoms with van der Waals surface area (Å²) in [5, 5.41) is 12.0. The van der Waals surface area contributed by atoms with E-state index in [0.717, 1.165) is 18.5 Å². The lowest BCUT2D eigenvalue weighted by atomic mass is 10.3. The molecule has 0 aromatic carbocycles. The van der Waals surface area contributed by atoms with E-state index < -0.39 is 0 Å². The molecule has 1 aliphatic carbocycles. The molecule has 22 heavy (non-hydrogen) atoms. The van der Waals surface area contributed by atoms with Crippen molar-refractivity contribution in [2.75, 3.05) is 10.6 Å². The SMILES string of the molecule is Cc1cc(NC(=O)Nc2ccc(OC3CCCC3)nc2)n[nH]1. The highest BCUT2D eigenvalue weighted by Crippen LogP contribution is 2.23. The molecular weight excluding hydrogens is 282 g/mol. The zero-order valence-electron chi connectivity index (χ0n) is 12.4. The Morgan fingerprint density at radius 2 is 2.14 bits per heavy atom. The summed E-state index contributed by atoms with van der Waals surface area (Å²) < 4.78 is 5.78. The van der Waals surface area contributed by atoms with Crippen LogP contribution in [0.2, 0.25) is 0 Å². The quantitative estimate of drug-likeness (QED) is 0.809. The average molecular weight is 301 g/mol. The van der Waals surface area contributed by atoms with Gasteiger partial charge < -0.3 is 10.1 Å². The van der Waals surface area contributed by atoms with Crippen molar-refractivity contribution in [3.05, 3.63) is 30.1 Å². The molecule has 2 aromatic rings. The highest BCUT2D eigenvalue weighted by molar-refractivity contribution is 5.99. The molecular formula is C15H19N5O2. The number of hydrogen-bond acceptors (Lipinski definition) is 4. The number of aryl methyl sites for hydroxylation is 1. The molecule has 0 bridgehead atoms. The Kier molecular flexibility index (Phi) is 4.22. The Hall–Kier alpha value is -2.57. The van der Waals surface area contributed by atoms with Crippen molar-refractivity contribution in [3.63, 3.8) is 0 Å². The fraction of sp³-hybridized carbons (Fsp3) is 0.400. The van der Waals surface area contributed by atoms with Gasteiger partial charge in [-0.05, 0) is 38.7 Å². The molecule has 0 spiro atoms. The van der Waals surface area contributed by atoms with Crippen LogP contribution in [0, 0.1) is 6.92 Å². The van der Waals surface area contributed by atoms with Gasteiger partial charge in [0.1, 0.15) is 6.10 Å². The van der Waals surface area contributed by atoms with E-state index in [0.29, 0.717) is 17.4 Å². The topological polar surface area (TPSA) is 91.9 Å². The Morgan fingerprint density at radius 3 is 2.77 bits per heavy atom. The summed E-state index contributed by atoms with van der Waals surface area (Å²) in [6.45, 7) is 1.86. The third-order valence-electron chi connectivity index (χ3n) is 3.53. The van der Waals surface area contributed by atoms with Gasteiger partial charge in [-0.2, -0.15) is 5.10 Å². The van der Waals surface area contributed by atoms with Crippen LogP contribution in [0.15, 0.2) is 24.4 Å². The molecule has 0 saturated heterocycles. The molecule has 3 rings (SSSR count). The number of nitrogens with zero attached hydrogens (tertiary/aromatic N) is 2. The van der Waals surface area contributed by atoms with Crippen molar-refractivity contribution in [1.82, 2.24) is 15.2 Å². The van der Waals surface area contributed by atoms with Gasteiger partial charge in [0.15, 0.2) is 5.82 Å². The summed E-state index contributed by atoms with van der Waals surface area (Å²) in [7, 11) is 0. The van der Waals surface area contributed by atoms with Gasteiger partial charge in [-0.3, -0.25) is 10.4 Å². The maximum atomic E-state index is 11.8. The maximum absolute atomic E-state index is 11.8. The fourth-order valence-corrected chi connectivity index (χ4v) is 2.46. The minimum atomic E-state index is -0.363. The largest absolute Gasteiger partial charge is 0.474 e. The van der Waals surface area contributed by atoms with Gasteiger partial charge in [-0.25, -0.2) is 9.78 Å². The van der Waals surface area contributed by atoms with Crippen LogP contribution in [0.25, 0.3) is 0 Å². The number of urea groups is 1. The van der Waals surface area contributed by atoms with Crippen LogP contribution in [-0.2, 0) is 0 Å². The van der Waals surface area contributed by atoms with E-state index in [1.165, 1.54) is 12.8 Å². The zero-order chi connectivity index (χ0) is 15.4. The fourth-order valence-electron chi connectivity index (χ4n) is 2.46. The van der Waals surface area contributed by atoms with E-state index in [1.807, 2.05) is 6.92 Å². The van der Waals surface area contributed by atoms with E-state index in [9.17, 15) is 4.79 Å². The van der Waals surface area contributed by atoms with Gasteiger partial charge in [0.2, 0.25) is 5.88 Å². The summed E-state index contributed by atoms with van der Waals surface area (Å²) in [5.41, 5.74) is 1.48. The summed E-state index contributed by atoms with van der Waals surface area (Å²) >= 11 is 0. The second-order valence-electron chi connectivity index (χ2n) is 5.42. The minimum absolute atomic E-state index is 0.275. The van der Waals surface area contributed by atoms with E-state index in [1.54, 1.807) is 24.4 Å². The van der Waals surface area contributed by atoms with Crippen LogP contribution in [-0.4, -0.2) is 27.3 Å². The van der Waals surface area contributed by atoms with Gasteiger partial charge in [-0.15, -0.1) is 0 Å². The number of nitrogens with one attached hydrogen (secondary N) is 3. The van der Waals surface area contributed by atoms with Gasteiger partial charge in [0.05, 0.1) is 11.9 Å². The third kappa shape index (κ3) is 3.75. The average Bonchev–Trinajstić information content (AvgIpc) is 3.13. The number of rotatable bonds is 4. The Morgan fingerprint density at radius 1 is 1.32 bits per heavy atom. The molecule has 116 valence electrons. The number of anilines is 2. The zero-order valence-corrected chi connectivity index (χ0v) is 12.4. The molecule has 2 aromatic heterocycles. The van der Waals surface area contributed by atoms with Crippen molar-refractivity contribution in [1.29, 1.82) is 0 Å². The Labute approximate surface area is 128 Å². The number of carbonyl (C=O) groups excluding carboxylic acids is 1. The van der Waals surface area contributed by atoms with E-state index in [4.69, 9.17) is 4.74 Å². The highest BCUT2D eigenvalue weighted by atomic mass is 16.5. The van der Waals surface area contributed by atoms with Gasteiger partial charge in [0, 0.05) is 17.8 Å². The van der Waals surface area contributed by atoms with Crippen molar-refractivity contribution < 1.29 is 9.53 Å². The van der Waals surface area contributed by atoms with E-state index in [2.05, 4.69) is 25.8 Å². The standard InChI is InChI=1S/C15H19N5O2/c1-10-8-13(20-19-10)18-15(21)17-11-6-7-14(16-9-11)22-12-4-2-3-5-12/h6-9,12H,2-5H2,1H3,(H3,17,18,19,20,21). The number of aromatic amines is 1. The summed E-state index contributed by atoms with van der Waals surface area (Å²) in [6.07, 6.45) is 6.48. The lowest BCUT2D eigenvalue weighted by Gasteiger charge is -2.12. The number of hydrogen-bond donors (Lipinski definition) is 3. The molecule has 7 nitrogen and oxygen atoms in total. The molecule has 0 unspecified atom stereocenters. The second kappa shape index (κ2) is 6.46. The van der Waals surface area contributed by atoms with Gasteiger partial charge in [0.25, 0.3) is 0 Å². The first-order valence-electron chi connectivity index (χ1n) is 7.42. The number of carbonyl (C=O) groups is 1. The number of amides is 2. The van der Waals surface area contributed by atoms with Crippen molar-refractivity contribution in [2.24, 2.45) is 0 Å². The van der Waals surface area contributed by atoms with Crippen molar-refractivity contribution in [3.8, 4) is 5.88 Å². The van der Waals surface area contributed by atoms with Gasteiger partial charge >= 0.3 is 6.03 Å². The van der Waals surface area contributed by atoms with Crippen LogP contribution >= 0.6 is 0 Å². The first-order chi connectivity index (χ1) is 10.7. The molecule has 2 amide bonds. The predicted molar refractivity (Wildman–Crippen MR) is 83.1 cm³/mol. The molecule has 1 aliphatic rings. The normalized spacial score (nSPS) is 14.8. The van der Waals surface area contributed by atoms with Crippen LogP contribution in [0.4, 0.5) is 16.3 Å². The smallest absolute Gasteiger partial charge is 0.324 e. The monoisotopic (exact) mass is 301 g/mol. The van der Waals surface area contributed by atoms with Crippen LogP contribution in [0.5, 0.6) is 5.88 Å². The molecule has 3 N–H and O–H groups in total. The molecule has 2 heterocycles. The second-order valence-corrected chi connectivity index (χ2v) is 5.42. The first kappa shape index (κ1) is 14.4. The Balaban J connectivity index is 1.52. The van der Waals surface area contributed by atoms with Crippen molar-refractivity contribution >= 4 is 17.5 Å². The minimum Gasteiger partial charge on any atom is -0.474 e. The maximum Gasteiger partial charge on any atom is 0.324 e. The summed E-state index contributed by atoms with van der Waals surface area (Å²) in [6, 6.07) is 4.92. The molecule has 1 saturated carbocycles. The van der Waals surface area contributed by atoms with Crippen molar-refractivity contribution in [2.45, 2.75) is 38.7 Å². The molecule has 0 aliphatic heterocycles. The molecule has 1 fully saturated rings. The number of aromatic nitrogens is 3.